The fraction of sp³-hybridized carbons (Fsp3) is 0.875. The van der Waals surface area contributed by atoms with E-state index in [2.05, 4.69) is 17.6 Å². The molecule has 0 radical (unpaired) electrons. The van der Waals surface area contributed by atoms with Gasteiger partial charge >= 0.3 is 5.97 Å². The van der Waals surface area contributed by atoms with Gasteiger partial charge in [-0.05, 0) is 6.42 Å². The molecule has 0 aromatic rings. The van der Waals surface area contributed by atoms with Crippen LogP contribution < -0.4 is 16.4 Å². The fourth-order valence-electron chi connectivity index (χ4n) is 3.36. The number of carbonyl (C=O) groups excluding carboxylic acids is 2. The monoisotopic (exact) mass is 443 g/mol. The molecule has 0 bridgehead atoms. The normalized spacial score (nSPS) is 11.4. The first-order chi connectivity index (χ1) is 14.5. The first-order valence-corrected chi connectivity index (χ1v) is 12.0. The number of rotatable bonds is 21. The predicted molar refractivity (Wildman–Crippen MR) is 128 cm³/mol. The summed E-state index contributed by atoms with van der Waals surface area (Å²) in [6.45, 7) is 1.80. The van der Waals surface area contributed by atoms with Crippen LogP contribution in [0.2, 0.25) is 0 Å². The summed E-state index contributed by atoms with van der Waals surface area (Å²) in [5.41, 5.74) is 5.62. The average Bonchev–Trinajstić information content (AvgIpc) is 2.72. The number of hydrogen-bond donors (Lipinski definition) is 4. The minimum Gasteiger partial charge on any atom is -0.480 e. The molecule has 0 aromatic heterocycles. The molecule has 0 fully saturated rings. The van der Waals surface area contributed by atoms with Crippen LogP contribution in [-0.4, -0.2) is 42.0 Å². The Morgan fingerprint density at radius 1 is 0.742 bits per heavy atom. The number of aliphatic carboxylic acids is 1. The minimum absolute atomic E-state index is 0. The van der Waals surface area contributed by atoms with E-state index in [0.29, 0.717) is 6.42 Å². The molecule has 0 heterocycles. The van der Waals surface area contributed by atoms with Crippen LogP contribution in [-0.2, 0) is 14.4 Å². The first-order valence-electron chi connectivity index (χ1n) is 12.0. The van der Waals surface area contributed by atoms with Crippen LogP contribution in [0.1, 0.15) is 117 Å². The van der Waals surface area contributed by atoms with Crippen LogP contribution in [0.5, 0.6) is 0 Å². The molecule has 7 heteroatoms. The molecule has 7 nitrogen and oxygen atoms in total. The Morgan fingerprint density at radius 2 is 1.16 bits per heavy atom. The average molecular weight is 444 g/mol. The van der Waals surface area contributed by atoms with E-state index in [1.165, 1.54) is 77.0 Å². The van der Waals surface area contributed by atoms with Gasteiger partial charge in [0.1, 0.15) is 12.6 Å². The SMILES string of the molecule is C.CCCCCCCCCCCCCCCCCC(=O)NCC(N)C(=O)NCC(=O)O. The Hall–Kier alpha value is -1.63. The van der Waals surface area contributed by atoms with E-state index in [9.17, 15) is 14.4 Å². The zero-order valence-corrected chi connectivity index (χ0v) is 19.1. The molecule has 0 aliphatic heterocycles. The van der Waals surface area contributed by atoms with Crippen LogP contribution >= 0.6 is 0 Å². The van der Waals surface area contributed by atoms with E-state index < -0.39 is 24.5 Å². The molecule has 0 saturated carbocycles. The molecule has 184 valence electrons. The summed E-state index contributed by atoms with van der Waals surface area (Å²) in [7, 11) is 0. The molecule has 0 aromatic carbocycles. The molecule has 2 amide bonds. The largest absolute Gasteiger partial charge is 0.480 e. The molecule has 0 aliphatic rings. The number of nitrogens with one attached hydrogen (secondary N) is 2. The Labute approximate surface area is 190 Å². The lowest BCUT2D eigenvalue weighted by molar-refractivity contribution is -0.138. The zero-order chi connectivity index (χ0) is 22.5. The van der Waals surface area contributed by atoms with Gasteiger partial charge in [-0.25, -0.2) is 0 Å². The maximum Gasteiger partial charge on any atom is 0.322 e. The highest BCUT2D eigenvalue weighted by Crippen LogP contribution is 2.13. The summed E-state index contributed by atoms with van der Waals surface area (Å²) in [6.07, 6.45) is 19.7. The second-order valence-corrected chi connectivity index (χ2v) is 8.22. The van der Waals surface area contributed by atoms with Gasteiger partial charge in [0, 0.05) is 13.0 Å². The van der Waals surface area contributed by atoms with Crippen molar-refractivity contribution in [3.63, 3.8) is 0 Å². The van der Waals surface area contributed by atoms with Crippen molar-refractivity contribution in [2.24, 2.45) is 5.73 Å². The third-order valence-corrected chi connectivity index (χ3v) is 5.28. The standard InChI is InChI=1S/C23H45N3O4.CH4/c1-2-3-4-5-6-7-8-9-10-11-12-13-14-15-16-17-21(27)25-18-20(24)23(30)26-19-22(28)29;/h20H,2-19,24H2,1H3,(H,25,27)(H,26,30)(H,28,29);1H4. The van der Waals surface area contributed by atoms with Gasteiger partial charge in [-0.3, -0.25) is 14.4 Å². The van der Waals surface area contributed by atoms with Crippen LogP contribution in [0, 0.1) is 0 Å². The van der Waals surface area contributed by atoms with Gasteiger partial charge < -0.3 is 21.5 Å². The first kappa shape index (κ1) is 31.6. The van der Waals surface area contributed by atoms with E-state index in [0.717, 1.165) is 19.3 Å². The summed E-state index contributed by atoms with van der Waals surface area (Å²) in [5, 5.41) is 13.3. The van der Waals surface area contributed by atoms with Gasteiger partial charge in [0.25, 0.3) is 0 Å². The summed E-state index contributed by atoms with van der Waals surface area (Å²) < 4.78 is 0. The molecule has 1 atom stereocenters. The third-order valence-electron chi connectivity index (χ3n) is 5.28. The number of carboxylic acids is 1. The topological polar surface area (TPSA) is 122 Å². The van der Waals surface area contributed by atoms with Crippen LogP contribution in [0.15, 0.2) is 0 Å². The molecule has 1 unspecified atom stereocenters. The maximum absolute atomic E-state index is 11.8. The van der Waals surface area contributed by atoms with E-state index in [-0.39, 0.29) is 19.9 Å². The highest BCUT2D eigenvalue weighted by molar-refractivity contribution is 5.86. The number of nitrogens with two attached hydrogens (primary N) is 1. The Bertz CT molecular complexity index is 458. The van der Waals surface area contributed by atoms with Crippen molar-refractivity contribution in [3.8, 4) is 0 Å². The highest BCUT2D eigenvalue weighted by Gasteiger charge is 2.14. The molecular weight excluding hydrogens is 394 g/mol. The molecule has 0 rings (SSSR count). The number of carboxylic acid groups (broad SMARTS) is 1. The molecule has 31 heavy (non-hydrogen) atoms. The molecule has 5 N–H and O–H groups in total. The minimum atomic E-state index is -1.13. The summed E-state index contributed by atoms with van der Waals surface area (Å²) in [5.74, 6) is -1.83. The highest BCUT2D eigenvalue weighted by atomic mass is 16.4. The third kappa shape index (κ3) is 22.9. The smallest absolute Gasteiger partial charge is 0.322 e. The maximum atomic E-state index is 11.8. The number of unbranched alkanes of at least 4 members (excludes halogenated alkanes) is 14. The zero-order valence-electron chi connectivity index (χ0n) is 19.1. The van der Waals surface area contributed by atoms with E-state index >= 15 is 0 Å². The summed E-state index contributed by atoms with van der Waals surface area (Å²) >= 11 is 0. The van der Waals surface area contributed by atoms with Crippen molar-refractivity contribution in [2.45, 2.75) is 123 Å². The Kier molecular flexibility index (Phi) is 23.5. The lowest BCUT2D eigenvalue weighted by Gasteiger charge is -2.12. The van der Waals surface area contributed by atoms with Crippen molar-refractivity contribution in [2.75, 3.05) is 13.1 Å². The van der Waals surface area contributed by atoms with E-state index in [1.54, 1.807) is 0 Å². The number of carbonyl (C=O) groups is 3. The lowest BCUT2D eigenvalue weighted by atomic mass is 10.0. The number of amides is 2. The quantitative estimate of drug-likeness (QED) is 0.194. The summed E-state index contributed by atoms with van der Waals surface area (Å²) in [4.78, 5) is 33.7. The van der Waals surface area contributed by atoms with Gasteiger partial charge in [0.2, 0.25) is 11.8 Å². The van der Waals surface area contributed by atoms with Crippen molar-refractivity contribution in [3.05, 3.63) is 0 Å². The fourth-order valence-corrected chi connectivity index (χ4v) is 3.36. The number of hydrogen-bond acceptors (Lipinski definition) is 4. The van der Waals surface area contributed by atoms with E-state index in [1.807, 2.05) is 0 Å². The second-order valence-electron chi connectivity index (χ2n) is 8.22. The van der Waals surface area contributed by atoms with Gasteiger partial charge in [0.15, 0.2) is 0 Å². The molecule has 0 aliphatic carbocycles. The van der Waals surface area contributed by atoms with Crippen molar-refractivity contribution in [1.29, 1.82) is 0 Å². The lowest BCUT2D eigenvalue weighted by Crippen LogP contribution is -2.48. The van der Waals surface area contributed by atoms with Gasteiger partial charge in [-0.15, -0.1) is 0 Å². The predicted octanol–water partition coefficient (Wildman–Crippen LogP) is 4.53. The second kappa shape index (κ2) is 23.0. The molecule has 0 saturated heterocycles. The summed E-state index contributed by atoms with van der Waals surface area (Å²) in [6, 6.07) is -0.936. The Morgan fingerprint density at radius 3 is 1.58 bits per heavy atom. The van der Waals surface area contributed by atoms with Crippen LogP contribution in [0.3, 0.4) is 0 Å². The van der Waals surface area contributed by atoms with Crippen molar-refractivity contribution in [1.82, 2.24) is 10.6 Å². The van der Waals surface area contributed by atoms with Crippen LogP contribution in [0.4, 0.5) is 0 Å². The van der Waals surface area contributed by atoms with Gasteiger partial charge in [-0.2, -0.15) is 0 Å². The van der Waals surface area contributed by atoms with Crippen LogP contribution in [0.25, 0.3) is 0 Å². The van der Waals surface area contributed by atoms with Gasteiger partial charge in [0.05, 0.1) is 0 Å². The Balaban J connectivity index is 0. The van der Waals surface area contributed by atoms with Crippen molar-refractivity contribution >= 4 is 17.8 Å². The van der Waals surface area contributed by atoms with Gasteiger partial charge in [-0.1, -0.05) is 104 Å². The molecule has 0 spiro atoms. The van der Waals surface area contributed by atoms with E-state index in [4.69, 9.17) is 10.8 Å². The van der Waals surface area contributed by atoms with Crippen molar-refractivity contribution < 1.29 is 19.5 Å². The molecular formula is C24H49N3O4.